The second kappa shape index (κ2) is 5.90. The van der Waals surface area contributed by atoms with Gasteiger partial charge in [0.1, 0.15) is 5.82 Å². The molecule has 0 spiro atoms. The number of hydrogen-bond acceptors (Lipinski definition) is 4. The zero-order valence-electron chi connectivity index (χ0n) is 13.3. The largest absolute Gasteiger partial charge is 0.328 e. The van der Waals surface area contributed by atoms with Crippen LogP contribution in [-0.4, -0.2) is 42.7 Å². The molecule has 2 aromatic rings. The van der Waals surface area contributed by atoms with Crippen molar-refractivity contribution in [3.63, 3.8) is 0 Å². The minimum Gasteiger partial charge on any atom is -0.328 e. The molecular formula is C15H22N6O. The van der Waals surface area contributed by atoms with Crippen LogP contribution in [0.3, 0.4) is 0 Å². The van der Waals surface area contributed by atoms with Crippen LogP contribution in [0.1, 0.15) is 72.8 Å². The summed E-state index contributed by atoms with van der Waals surface area (Å²) in [6.07, 6.45) is 4.62. The quantitative estimate of drug-likeness (QED) is 0.910. The van der Waals surface area contributed by atoms with Crippen molar-refractivity contribution in [3.05, 3.63) is 29.1 Å². The van der Waals surface area contributed by atoms with Gasteiger partial charge in [-0.15, -0.1) is 0 Å². The van der Waals surface area contributed by atoms with Gasteiger partial charge in [0.15, 0.2) is 5.82 Å². The second-order valence-electron chi connectivity index (χ2n) is 6.15. The lowest BCUT2D eigenvalue weighted by molar-refractivity contribution is 0.0599. The minimum absolute atomic E-state index is 0.0125. The smallest absolute Gasteiger partial charge is 0.257 e. The van der Waals surface area contributed by atoms with Crippen LogP contribution >= 0.6 is 0 Å². The van der Waals surface area contributed by atoms with Gasteiger partial charge in [0, 0.05) is 18.2 Å². The lowest BCUT2D eigenvalue weighted by Crippen LogP contribution is -2.39. The summed E-state index contributed by atoms with van der Waals surface area (Å²) >= 11 is 0. The standard InChI is InChI=1S/C15H22N6O/c1-9(2)13-17-14(20-19-13)12-6-4-5-7-21(12)15(22)11-8-16-18-10(11)3/h8-9,12H,4-7H2,1-3H3,(H,16,18)(H,17,19,20)/t12-/m0/s1. The number of carbonyl (C=O) groups is 1. The number of nitrogens with one attached hydrogen (secondary N) is 2. The Kier molecular flexibility index (Phi) is 3.96. The normalized spacial score (nSPS) is 18.9. The molecule has 7 heteroatoms. The summed E-state index contributed by atoms with van der Waals surface area (Å²) in [6, 6.07) is -0.0319. The van der Waals surface area contributed by atoms with Crippen LogP contribution in [0.15, 0.2) is 6.20 Å². The van der Waals surface area contributed by atoms with E-state index in [1.54, 1.807) is 6.20 Å². The molecule has 118 valence electrons. The highest BCUT2D eigenvalue weighted by Crippen LogP contribution is 2.31. The van der Waals surface area contributed by atoms with Crippen LogP contribution in [0, 0.1) is 6.92 Å². The number of amides is 1. The fourth-order valence-corrected chi connectivity index (χ4v) is 2.88. The van der Waals surface area contributed by atoms with E-state index in [1.165, 1.54) is 0 Å². The SMILES string of the molecule is Cc1[nH]ncc1C(=O)N1CCCC[C@H]1c1nc(C(C)C)n[nH]1. The van der Waals surface area contributed by atoms with Gasteiger partial charge in [-0.25, -0.2) is 4.98 Å². The summed E-state index contributed by atoms with van der Waals surface area (Å²) in [5.41, 5.74) is 1.44. The highest BCUT2D eigenvalue weighted by molar-refractivity contribution is 5.95. The third-order valence-electron chi connectivity index (χ3n) is 4.18. The van der Waals surface area contributed by atoms with Crippen molar-refractivity contribution in [2.75, 3.05) is 6.54 Å². The Bertz CT molecular complexity index is 659. The number of piperidine rings is 1. The van der Waals surface area contributed by atoms with E-state index in [0.717, 1.165) is 43.1 Å². The Labute approximate surface area is 129 Å². The lowest BCUT2D eigenvalue weighted by atomic mass is 10.0. The van der Waals surface area contributed by atoms with E-state index in [0.29, 0.717) is 5.56 Å². The van der Waals surface area contributed by atoms with Crippen molar-refractivity contribution < 1.29 is 4.79 Å². The third-order valence-corrected chi connectivity index (χ3v) is 4.18. The van der Waals surface area contributed by atoms with Crippen molar-refractivity contribution >= 4 is 5.91 Å². The molecule has 0 unspecified atom stereocenters. The van der Waals surface area contributed by atoms with Crippen LogP contribution < -0.4 is 0 Å². The first-order chi connectivity index (χ1) is 10.6. The van der Waals surface area contributed by atoms with E-state index < -0.39 is 0 Å². The Morgan fingerprint density at radius 3 is 2.82 bits per heavy atom. The molecule has 1 amide bonds. The number of rotatable bonds is 3. The minimum atomic E-state index is -0.0319. The summed E-state index contributed by atoms with van der Waals surface area (Å²) < 4.78 is 0. The molecule has 3 heterocycles. The van der Waals surface area contributed by atoms with E-state index in [2.05, 4.69) is 39.2 Å². The Morgan fingerprint density at radius 1 is 1.36 bits per heavy atom. The molecule has 7 nitrogen and oxygen atoms in total. The zero-order chi connectivity index (χ0) is 15.7. The van der Waals surface area contributed by atoms with Crippen molar-refractivity contribution in [2.24, 2.45) is 0 Å². The molecule has 1 atom stereocenters. The van der Waals surface area contributed by atoms with Crippen molar-refractivity contribution in [3.8, 4) is 0 Å². The molecule has 2 N–H and O–H groups in total. The molecule has 0 bridgehead atoms. The molecule has 1 fully saturated rings. The van der Waals surface area contributed by atoms with E-state index >= 15 is 0 Å². The predicted octanol–water partition coefficient (Wildman–Crippen LogP) is 2.33. The molecule has 22 heavy (non-hydrogen) atoms. The molecule has 0 aliphatic carbocycles. The Balaban J connectivity index is 1.87. The third kappa shape index (κ3) is 2.63. The number of aryl methyl sites for hydroxylation is 1. The monoisotopic (exact) mass is 302 g/mol. The predicted molar refractivity (Wildman–Crippen MR) is 81.4 cm³/mol. The summed E-state index contributed by atoms with van der Waals surface area (Å²) in [7, 11) is 0. The summed E-state index contributed by atoms with van der Waals surface area (Å²) in [5, 5.41) is 14.1. The fraction of sp³-hybridized carbons (Fsp3) is 0.600. The van der Waals surface area contributed by atoms with Gasteiger partial charge < -0.3 is 4.90 Å². The van der Waals surface area contributed by atoms with Gasteiger partial charge in [-0.3, -0.25) is 15.0 Å². The highest BCUT2D eigenvalue weighted by Gasteiger charge is 2.32. The van der Waals surface area contributed by atoms with Gasteiger partial charge in [0.25, 0.3) is 5.91 Å². The van der Waals surface area contributed by atoms with E-state index in [4.69, 9.17) is 0 Å². The molecule has 1 aliphatic rings. The van der Waals surface area contributed by atoms with Gasteiger partial charge in [0.2, 0.25) is 0 Å². The highest BCUT2D eigenvalue weighted by atomic mass is 16.2. The van der Waals surface area contributed by atoms with Crippen LogP contribution in [0.25, 0.3) is 0 Å². The molecule has 0 aromatic carbocycles. The van der Waals surface area contributed by atoms with E-state index in [9.17, 15) is 4.79 Å². The van der Waals surface area contributed by atoms with Gasteiger partial charge in [-0.2, -0.15) is 10.2 Å². The van der Waals surface area contributed by atoms with Crippen LogP contribution in [-0.2, 0) is 0 Å². The maximum absolute atomic E-state index is 12.8. The molecule has 0 saturated carbocycles. The first-order valence-corrected chi connectivity index (χ1v) is 7.81. The number of hydrogen-bond donors (Lipinski definition) is 2. The molecule has 2 aromatic heterocycles. The zero-order valence-corrected chi connectivity index (χ0v) is 13.3. The number of aromatic nitrogens is 5. The number of aromatic amines is 2. The van der Waals surface area contributed by atoms with Crippen LogP contribution in [0.5, 0.6) is 0 Å². The van der Waals surface area contributed by atoms with Crippen LogP contribution in [0.2, 0.25) is 0 Å². The molecular weight excluding hydrogens is 280 g/mol. The fourth-order valence-electron chi connectivity index (χ4n) is 2.88. The number of H-pyrrole nitrogens is 2. The Hall–Kier alpha value is -2.18. The lowest BCUT2D eigenvalue weighted by Gasteiger charge is -2.34. The van der Waals surface area contributed by atoms with Gasteiger partial charge in [-0.1, -0.05) is 13.8 Å². The van der Waals surface area contributed by atoms with Crippen LogP contribution in [0.4, 0.5) is 0 Å². The summed E-state index contributed by atoms with van der Waals surface area (Å²) in [5.74, 6) is 1.87. The van der Waals surface area contributed by atoms with Crippen molar-refractivity contribution in [2.45, 2.75) is 52.0 Å². The first kappa shape index (κ1) is 14.7. The average molecular weight is 302 g/mol. The van der Waals surface area contributed by atoms with E-state index in [1.807, 2.05) is 11.8 Å². The van der Waals surface area contributed by atoms with E-state index in [-0.39, 0.29) is 17.9 Å². The summed E-state index contributed by atoms with van der Waals surface area (Å²) in [4.78, 5) is 19.3. The van der Waals surface area contributed by atoms with Gasteiger partial charge >= 0.3 is 0 Å². The maximum atomic E-state index is 12.8. The molecule has 0 radical (unpaired) electrons. The van der Waals surface area contributed by atoms with Gasteiger partial charge in [0.05, 0.1) is 17.8 Å². The average Bonchev–Trinajstić information content (AvgIpc) is 3.15. The van der Waals surface area contributed by atoms with Gasteiger partial charge in [-0.05, 0) is 26.2 Å². The first-order valence-electron chi connectivity index (χ1n) is 7.81. The molecule has 3 rings (SSSR count). The van der Waals surface area contributed by atoms with Crippen molar-refractivity contribution in [1.29, 1.82) is 0 Å². The second-order valence-corrected chi connectivity index (χ2v) is 6.15. The molecule has 1 saturated heterocycles. The topological polar surface area (TPSA) is 90.6 Å². The number of carbonyl (C=O) groups excluding carboxylic acids is 1. The maximum Gasteiger partial charge on any atom is 0.257 e. The molecule has 1 aliphatic heterocycles. The van der Waals surface area contributed by atoms with Crippen molar-refractivity contribution in [1.82, 2.24) is 30.3 Å². The number of nitrogens with zero attached hydrogens (tertiary/aromatic N) is 4. The number of likely N-dealkylation sites (tertiary alicyclic amines) is 1. The summed E-state index contributed by atoms with van der Waals surface area (Å²) in [6.45, 7) is 6.73. The Morgan fingerprint density at radius 2 is 2.18 bits per heavy atom.